The average Bonchev–Trinajstić information content (AvgIpc) is 2.64. The molecule has 0 bridgehead atoms. The Hall–Kier alpha value is -3.58. The van der Waals surface area contributed by atoms with Crippen LogP contribution in [0.25, 0.3) is 16.8 Å². The molecule has 134 valence electrons. The van der Waals surface area contributed by atoms with Gasteiger partial charge in [-0.3, -0.25) is 4.79 Å². The zero-order valence-electron chi connectivity index (χ0n) is 15.5. The Morgan fingerprint density at radius 2 is 1.78 bits per heavy atom. The molecule has 0 fully saturated rings. The number of hydrogen-bond donors (Lipinski definition) is 1. The number of rotatable bonds is 4. The molecule has 27 heavy (non-hydrogen) atoms. The second kappa shape index (κ2) is 7.76. The first-order valence-corrected chi connectivity index (χ1v) is 8.59. The average molecular weight is 356 g/mol. The maximum atomic E-state index is 12.7. The third-order valence-electron chi connectivity index (χ3n) is 4.28. The van der Waals surface area contributed by atoms with E-state index in [1.165, 1.54) is 0 Å². The van der Waals surface area contributed by atoms with Crippen LogP contribution in [0.4, 0.5) is 5.69 Å². The number of nitrogens with zero attached hydrogens (tertiary/aromatic N) is 1. The quantitative estimate of drug-likeness (QED) is 0.528. The van der Waals surface area contributed by atoms with Gasteiger partial charge < -0.3 is 10.1 Å². The normalized spacial score (nSPS) is 11.1. The van der Waals surface area contributed by atoms with Gasteiger partial charge in [0.25, 0.3) is 5.91 Å². The van der Waals surface area contributed by atoms with Crippen LogP contribution in [0.1, 0.15) is 16.7 Å². The summed E-state index contributed by atoms with van der Waals surface area (Å²) in [5.41, 5.74) is 3.49. The number of ether oxygens (including phenoxy) is 1. The minimum atomic E-state index is -0.447. The molecule has 0 spiro atoms. The van der Waals surface area contributed by atoms with E-state index in [1.807, 2.05) is 74.5 Å². The smallest absolute Gasteiger partial charge is 0.266 e. The number of carbonyl (C=O) groups excluding carboxylic acids is 1. The van der Waals surface area contributed by atoms with Crippen molar-refractivity contribution in [2.45, 2.75) is 13.8 Å². The Bertz CT molecular complexity index is 1070. The number of carbonyl (C=O) groups is 1. The van der Waals surface area contributed by atoms with Crippen LogP contribution in [0.3, 0.4) is 0 Å². The highest BCUT2D eigenvalue weighted by molar-refractivity contribution is 6.11. The van der Waals surface area contributed by atoms with E-state index in [2.05, 4.69) is 5.32 Å². The minimum absolute atomic E-state index is 0.0174. The summed E-state index contributed by atoms with van der Waals surface area (Å²) < 4.78 is 5.44. The van der Waals surface area contributed by atoms with Gasteiger partial charge >= 0.3 is 0 Å². The standard InChI is InChI=1S/C23H20N2O2/c1-15-10-16(2)12-19(11-15)25-23(26)18(14-24)13-21-20-7-5-4-6-17(20)8-9-22(21)27-3/h4-13H,1-3H3,(H,25,26)/b18-13-. The van der Waals surface area contributed by atoms with Crippen LogP contribution >= 0.6 is 0 Å². The van der Waals surface area contributed by atoms with E-state index in [9.17, 15) is 10.1 Å². The lowest BCUT2D eigenvalue weighted by Crippen LogP contribution is -2.13. The van der Waals surface area contributed by atoms with Gasteiger partial charge in [0.1, 0.15) is 17.4 Å². The van der Waals surface area contributed by atoms with Crippen LogP contribution in [0.5, 0.6) is 5.75 Å². The molecule has 0 saturated carbocycles. The molecular weight excluding hydrogens is 336 g/mol. The van der Waals surface area contributed by atoms with Crippen molar-refractivity contribution in [2.75, 3.05) is 12.4 Å². The SMILES string of the molecule is COc1ccc2ccccc2c1/C=C(/C#N)C(=O)Nc1cc(C)cc(C)c1. The molecule has 0 radical (unpaired) electrons. The van der Waals surface area contributed by atoms with Crippen LogP contribution in [0.15, 0.2) is 60.2 Å². The van der Waals surface area contributed by atoms with Crippen molar-refractivity contribution in [3.8, 4) is 11.8 Å². The Labute approximate surface area is 158 Å². The van der Waals surface area contributed by atoms with E-state index in [-0.39, 0.29) is 5.57 Å². The molecule has 0 atom stereocenters. The van der Waals surface area contributed by atoms with Crippen molar-refractivity contribution in [1.82, 2.24) is 0 Å². The molecular formula is C23H20N2O2. The Morgan fingerprint density at radius 3 is 2.44 bits per heavy atom. The maximum Gasteiger partial charge on any atom is 0.266 e. The molecule has 0 aliphatic carbocycles. The fourth-order valence-corrected chi connectivity index (χ4v) is 3.14. The maximum absolute atomic E-state index is 12.7. The van der Waals surface area contributed by atoms with Gasteiger partial charge in [0, 0.05) is 11.3 Å². The van der Waals surface area contributed by atoms with Crippen LogP contribution in [-0.2, 0) is 4.79 Å². The Balaban J connectivity index is 2.03. The van der Waals surface area contributed by atoms with Crippen molar-refractivity contribution in [3.05, 3.63) is 76.9 Å². The number of hydrogen-bond acceptors (Lipinski definition) is 3. The second-order valence-electron chi connectivity index (χ2n) is 6.40. The molecule has 0 aromatic heterocycles. The van der Waals surface area contributed by atoms with Crippen molar-refractivity contribution in [2.24, 2.45) is 0 Å². The van der Waals surface area contributed by atoms with Crippen molar-refractivity contribution >= 4 is 28.4 Å². The second-order valence-corrected chi connectivity index (χ2v) is 6.40. The summed E-state index contributed by atoms with van der Waals surface area (Å²) in [6, 6.07) is 19.4. The number of nitrogens with one attached hydrogen (secondary N) is 1. The van der Waals surface area contributed by atoms with Gasteiger partial charge in [0.15, 0.2) is 0 Å². The molecule has 0 heterocycles. The van der Waals surface area contributed by atoms with Gasteiger partial charge in [-0.1, -0.05) is 36.4 Å². The number of anilines is 1. The summed E-state index contributed by atoms with van der Waals surface area (Å²) in [6.07, 6.45) is 1.58. The zero-order chi connectivity index (χ0) is 19.4. The van der Waals surface area contributed by atoms with E-state index >= 15 is 0 Å². The fraction of sp³-hybridized carbons (Fsp3) is 0.130. The number of methoxy groups -OCH3 is 1. The third-order valence-corrected chi connectivity index (χ3v) is 4.28. The van der Waals surface area contributed by atoms with Gasteiger partial charge in [0.2, 0.25) is 0 Å². The minimum Gasteiger partial charge on any atom is -0.496 e. The van der Waals surface area contributed by atoms with Crippen molar-refractivity contribution in [1.29, 1.82) is 5.26 Å². The van der Waals surface area contributed by atoms with E-state index < -0.39 is 5.91 Å². The number of amides is 1. The third kappa shape index (κ3) is 3.99. The van der Waals surface area contributed by atoms with E-state index in [0.717, 1.165) is 21.9 Å². The highest BCUT2D eigenvalue weighted by Gasteiger charge is 2.13. The number of nitriles is 1. The predicted octanol–water partition coefficient (Wildman–Crippen LogP) is 5.01. The summed E-state index contributed by atoms with van der Waals surface area (Å²) in [7, 11) is 1.57. The molecule has 0 aliphatic rings. The largest absolute Gasteiger partial charge is 0.496 e. The van der Waals surface area contributed by atoms with Gasteiger partial charge in [0.05, 0.1) is 7.11 Å². The molecule has 1 N–H and O–H groups in total. The first kappa shape index (κ1) is 18.2. The lowest BCUT2D eigenvalue weighted by atomic mass is 10.0. The van der Waals surface area contributed by atoms with E-state index in [0.29, 0.717) is 17.0 Å². The van der Waals surface area contributed by atoms with Crippen LogP contribution in [-0.4, -0.2) is 13.0 Å². The number of aryl methyl sites for hydroxylation is 2. The van der Waals surface area contributed by atoms with E-state index in [1.54, 1.807) is 13.2 Å². The summed E-state index contributed by atoms with van der Waals surface area (Å²) in [5, 5.41) is 14.3. The monoisotopic (exact) mass is 356 g/mol. The van der Waals surface area contributed by atoms with Crippen molar-refractivity contribution < 1.29 is 9.53 Å². The zero-order valence-corrected chi connectivity index (χ0v) is 15.5. The molecule has 3 rings (SSSR count). The first-order chi connectivity index (χ1) is 13.0. The van der Waals surface area contributed by atoms with Gasteiger partial charge in [-0.2, -0.15) is 5.26 Å². The molecule has 3 aromatic carbocycles. The molecule has 0 unspecified atom stereocenters. The van der Waals surface area contributed by atoms with Gasteiger partial charge in [-0.15, -0.1) is 0 Å². The van der Waals surface area contributed by atoms with Gasteiger partial charge in [-0.25, -0.2) is 0 Å². The van der Waals surface area contributed by atoms with Crippen molar-refractivity contribution in [3.63, 3.8) is 0 Å². The molecule has 4 nitrogen and oxygen atoms in total. The highest BCUT2D eigenvalue weighted by atomic mass is 16.5. The van der Waals surface area contributed by atoms with Crippen LogP contribution in [0.2, 0.25) is 0 Å². The molecule has 0 aliphatic heterocycles. The molecule has 4 heteroatoms. The summed E-state index contributed by atoms with van der Waals surface area (Å²) in [5.74, 6) is 0.165. The number of fused-ring (bicyclic) bond motifs is 1. The summed E-state index contributed by atoms with van der Waals surface area (Å²) >= 11 is 0. The Kier molecular flexibility index (Phi) is 5.23. The Morgan fingerprint density at radius 1 is 1.07 bits per heavy atom. The topological polar surface area (TPSA) is 62.1 Å². The lowest BCUT2D eigenvalue weighted by molar-refractivity contribution is -0.112. The molecule has 3 aromatic rings. The summed E-state index contributed by atoms with van der Waals surface area (Å²) in [6.45, 7) is 3.93. The first-order valence-electron chi connectivity index (χ1n) is 8.59. The fourth-order valence-electron chi connectivity index (χ4n) is 3.14. The molecule has 0 saturated heterocycles. The lowest BCUT2D eigenvalue weighted by Gasteiger charge is -2.10. The molecule has 1 amide bonds. The highest BCUT2D eigenvalue weighted by Crippen LogP contribution is 2.30. The van der Waals surface area contributed by atoms with Crippen LogP contribution in [0, 0.1) is 25.2 Å². The predicted molar refractivity (Wildman–Crippen MR) is 109 cm³/mol. The number of benzene rings is 3. The summed E-state index contributed by atoms with van der Waals surface area (Å²) in [4.78, 5) is 12.7. The van der Waals surface area contributed by atoms with E-state index in [4.69, 9.17) is 4.74 Å². The van der Waals surface area contributed by atoms with Gasteiger partial charge in [-0.05, 0) is 60.0 Å². The van der Waals surface area contributed by atoms with Crippen LogP contribution < -0.4 is 10.1 Å².